The minimum Gasteiger partial charge on any atom is -0.484 e. The summed E-state index contributed by atoms with van der Waals surface area (Å²) in [6, 6.07) is 23.8. The van der Waals surface area contributed by atoms with Crippen molar-refractivity contribution >= 4 is 46.7 Å². The Hall–Kier alpha value is -3.81. The highest BCUT2D eigenvalue weighted by Gasteiger charge is 2.27. The number of amides is 1. The Morgan fingerprint density at radius 2 is 1.74 bits per heavy atom. The quantitative estimate of drug-likeness (QED) is 0.363. The molecule has 1 aliphatic rings. The Kier molecular flexibility index (Phi) is 6.20. The molecule has 2 N–H and O–H groups in total. The standard InChI is InChI=1S/C25H19Cl2N5O2/c26-17-12-10-16(11-13-17)21-14-22(19-8-4-5-9-20(19)27)32-25(28-21)30-24(31-32)29-23(33)15-34-18-6-2-1-3-7-18/h1-14,22H,15H2,(H2,28,29,30,31,33)/t22-/m1/s1. The van der Waals surface area contributed by atoms with E-state index in [-0.39, 0.29) is 24.5 Å². The molecule has 0 aliphatic carbocycles. The summed E-state index contributed by atoms with van der Waals surface area (Å²) in [4.78, 5) is 16.9. The van der Waals surface area contributed by atoms with Crippen molar-refractivity contribution in [1.82, 2.24) is 14.8 Å². The fraction of sp³-hybridized carbons (Fsp3) is 0.0800. The van der Waals surface area contributed by atoms with Gasteiger partial charge in [-0.15, -0.1) is 5.10 Å². The van der Waals surface area contributed by atoms with Crippen molar-refractivity contribution in [2.45, 2.75) is 6.04 Å². The van der Waals surface area contributed by atoms with Gasteiger partial charge in [-0.3, -0.25) is 10.1 Å². The average molecular weight is 492 g/mol. The Balaban J connectivity index is 1.42. The molecule has 0 unspecified atom stereocenters. The molecular weight excluding hydrogens is 473 g/mol. The van der Waals surface area contributed by atoms with Crippen molar-refractivity contribution in [3.63, 3.8) is 0 Å². The number of fused-ring (bicyclic) bond motifs is 1. The predicted molar refractivity (Wildman–Crippen MR) is 133 cm³/mol. The molecule has 0 radical (unpaired) electrons. The number of nitrogens with zero attached hydrogens (tertiary/aromatic N) is 3. The summed E-state index contributed by atoms with van der Waals surface area (Å²) in [6.45, 7) is -0.163. The Morgan fingerprint density at radius 3 is 2.50 bits per heavy atom. The molecule has 1 amide bonds. The van der Waals surface area contributed by atoms with E-state index in [1.54, 1.807) is 16.8 Å². The number of carbonyl (C=O) groups is 1. The number of nitrogens with one attached hydrogen (secondary N) is 2. The number of rotatable bonds is 6. The number of anilines is 2. The highest BCUT2D eigenvalue weighted by molar-refractivity contribution is 6.31. The van der Waals surface area contributed by atoms with Crippen LogP contribution in [0.1, 0.15) is 17.2 Å². The number of hydrogen-bond donors (Lipinski definition) is 2. The zero-order chi connectivity index (χ0) is 23.5. The lowest BCUT2D eigenvalue weighted by molar-refractivity contribution is -0.118. The van der Waals surface area contributed by atoms with E-state index in [1.807, 2.05) is 72.8 Å². The number of para-hydroxylation sites is 1. The van der Waals surface area contributed by atoms with Crippen molar-refractivity contribution in [3.8, 4) is 5.75 Å². The molecule has 0 saturated carbocycles. The Morgan fingerprint density at radius 1 is 1.00 bits per heavy atom. The molecule has 0 spiro atoms. The summed E-state index contributed by atoms with van der Waals surface area (Å²) < 4.78 is 7.19. The van der Waals surface area contributed by atoms with Crippen LogP contribution in [-0.4, -0.2) is 27.3 Å². The third kappa shape index (κ3) is 4.76. The van der Waals surface area contributed by atoms with Crippen LogP contribution in [0.3, 0.4) is 0 Å². The van der Waals surface area contributed by atoms with E-state index in [1.165, 1.54) is 0 Å². The molecule has 2 heterocycles. The number of aromatic nitrogens is 3. The topological polar surface area (TPSA) is 81.1 Å². The van der Waals surface area contributed by atoms with Gasteiger partial charge >= 0.3 is 0 Å². The molecule has 0 saturated heterocycles. The van der Waals surface area contributed by atoms with Crippen LogP contribution in [0.25, 0.3) is 5.70 Å². The lowest BCUT2D eigenvalue weighted by Gasteiger charge is -2.24. The maximum absolute atomic E-state index is 12.4. The lowest BCUT2D eigenvalue weighted by atomic mass is 10.0. The number of ether oxygens (including phenoxy) is 1. The Labute approximate surface area is 206 Å². The predicted octanol–water partition coefficient (Wildman–Crippen LogP) is 5.66. The van der Waals surface area contributed by atoms with Crippen molar-refractivity contribution in [2.75, 3.05) is 17.2 Å². The van der Waals surface area contributed by atoms with E-state index < -0.39 is 0 Å². The maximum atomic E-state index is 12.4. The van der Waals surface area contributed by atoms with Gasteiger partial charge in [0.1, 0.15) is 11.8 Å². The number of halogens is 2. The normalized spacial score (nSPS) is 14.5. The highest BCUT2D eigenvalue weighted by Crippen LogP contribution is 2.36. The van der Waals surface area contributed by atoms with E-state index in [2.05, 4.69) is 20.7 Å². The van der Waals surface area contributed by atoms with E-state index in [0.717, 1.165) is 16.8 Å². The number of hydrogen-bond acceptors (Lipinski definition) is 5. The zero-order valence-electron chi connectivity index (χ0n) is 17.8. The zero-order valence-corrected chi connectivity index (χ0v) is 19.3. The molecule has 1 aliphatic heterocycles. The number of allylic oxidation sites excluding steroid dienone is 1. The van der Waals surface area contributed by atoms with Gasteiger partial charge in [0.25, 0.3) is 11.9 Å². The molecule has 0 bridgehead atoms. The first-order valence-corrected chi connectivity index (χ1v) is 11.3. The molecule has 4 aromatic rings. The smallest absolute Gasteiger partial charge is 0.264 e. The third-order valence-corrected chi connectivity index (χ3v) is 5.81. The fourth-order valence-corrected chi connectivity index (χ4v) is 3.98. The van der Waals surface area contributed by atoms with Crippen LogP contribution < -0.4 is 15.4 Å². The second kappa shape index (κ2) is 9.59. The van der Waals surface area contributed by atoms with Crippen molar-refractivity contribution in [3.05, 3.63) is 106 Å². The molecule has 170 valence electrons. The van der Waals surface area contributed by atoms with Gasteiger partial charge in [-0.05, 0) is 47.5 Å². The van der Waals surface area contributed by atoms with Crippen molar-refractivity contribution in [1.29, 1.82) is 0 Å². The van der Waals surface area contributed by atoms with Gasteiger partial charge in [0.15, 0.2) is 6.61 Å². The largest absolute Gasteiger partial charge is 0.484 e. The van der Waals surface area contributed by atoms with Crippen LogP contribution in [0, 0.1) is 0 Å². The minimum absolute atomic E-state index is 0.159. The molecule has 3 aromatic carbocycles. The average Bonchev–Trinajstić information content (AvgIpc) is 3.26. The van der Waals surface area contributed by atoms with Crippen LogP contribution >= 0.6 is 23.2 Å². The molecule has 7 nitrogen and oxygen atoms in total. The van der Waals surface area contributed by atoms with Gasteiger partial charge in [-0.2, -0.15) is 4.98 Å². The lowest BCUT2D eigenvalue weighted by Crippen LogP contribution is -2.21. The fourth-order valence-electron chi connectivity index (χ4n) is 3.61. The SMILES string of the molecule is O=C(COc1ccccc1)Nc1nc2n(n1)[C@@H](c1ccccc1Cl)C=C(c1ccc(Cl)cc1)N2. The molecule has 1 atom stereocenters. The first kappa shape index (κ1) is 22.0. The molecule has 0 fully saturated rings. The maximum Gasteiger partial charge on any atom is 0.264 e. The summed E-state index contributed by atoms with van der Waals surface area (Å²) in [5.41, 5.74) is 2.61. The molecular formula is C25H19Cl2N5O2. The number of carbonyl (C=O) groups excluding carboxylic acids is 1. The van der Waals surface area contributed by atoms with E-state index >= 15 is 0 Å². The molecule has 9 heteroatoms. The highest BCUT2D eigenvalue weighted by atomic mass is 35.5. The third-order valence-electron chi connectivity index (χ3n) is 5.21. The summed E-state index contributed by atoms with van der Waals surface area (Å²) in [7, 11) is 0. The summed E-state index contributed by atoms with van der Waals surface area (Å²) in [5.74, 6) is 0.864. The van der Waals surface area contributed by atoms with E-state index in [4.69, 9.17) is 27.9 Å². The molecule has 1 aromatic heterocycles. The molecule has 34 heavy (non-hydrogen) atoms. The van der Waals surface area contributed by atoms with Crippen LogP contribution in [-0.2, 0) is 4.79 Å². The monoisotopic (exact) mass is 491 g/mol. The minimum atomic E-state index is -0.369. The summed E-state index contributed by atoms with van der Waals surface area (Å²) in [5, 5.41) is 11.7. The van der Waals surface area contributed by atoms with Crippen molar-refractivity contribution < 1.29 is 9.53 Å². The summed E-state index contributed by atoms with van der Waals surface area (Å²) >= 11 is 12.6. The second-order valence-corrected chi connectivity index (χ2v) is 8.38. The first-order valence-electron chi connectivity index (χ1n) is 10.5. The van der Waals surface area contributed by atoms with E-state index in [9.17, 15) is 4.79 Å². The van der Waals surface area contributed by atoms with E-state index in [0.29, 0.717) is 21.7 Å². The van der Waals surface area contributed by atoms with Gasteiger partial charge in [-0.1, -0.05) is 71.7 Å². The van der Waals surface area contributed by atoms with Gasteiger partial charge < -0.3 is 10.1 Å². The number of benzene rings is 3. The second-order valence-electron chi connectivity index (χ2n) is 7.53. The Bertz CT molecular complexity index is 1350. The molecule has 5 rings (SSSR count). The van der Waals surface area contributed by atoms with Crippen LogP contribution in [0.4, 0.5) is 11.9 Å². The van der Waals surface area contributed by atoms with Gasteiger partial charge in [0.2, 0.25) is 5.95 Å². The summed E-state index contributed by atoms with van der Waals surface area (Å²) in [6.07, 6.45) is 2.01. The van der Waals surface area contributed by atoms with Gasteiger partial charge in [0, 0.05) is 15.7 Å². The van der Waals surface area contributed by atoms with Gasteiger partial charge in [-0.25, -0.2) is 4.68 Å². The van der Waals surface area contributed by atoms with Crippen molar-refractivity contribution in [2.24, 2.45) is 0 Å². The van der Waals surface area contributed by atoms with Crippen LogP contribution in [0.15, 0.2) is 84.9 Å². The van der Waals surface area contributed by atoms with Gasteiger partial charge in [0.05, 0.1) is 0 Å². The van der Waals surface area contributed by atoms with Crippen LogP contribution in [0.5, 0.6) is 5.75 Å². The first-order chi connectivity index (χ1) is 16.6. The van der Waals surface area contributed by atoms with Crippen LogP contribution in [0.2, 0.25) is 10.0 Å².